The molecule has 0 bridgehead atoms. The van der Waals surface area contributed by atoms with Crippen molar-refractivity contribution in [1.29, 1.82) is 0 Å². The van der Waals surface area contributed by atoms with Crippen molar-refractivity contribution in [2.45, 2.75) is 36.9 Å². The van der Waals surface area contributed by atoms with E-state index in [-0.39, 0.29) is 17.6 Å². The van der Waals surface area contributed by atoms with E-state index < -0.39 is 0 Å². The van der Waals surface area contributed by atoms with Gasteiger partial charge in [0.15, 0.2) is 0 Å². The number of rotatable bonds is 2. The van der Waals surface area contributed by atoms with Crippen molar-refractivity contribution in [3.05, 3.63) is 0 Å². The minimum absolute atomic E-state index is 0.115. The Kier molecular flexibility index (Phi) is 3.75. The maximum absolute atomic E-state index is 11.6. The Balaban J connectivity index is 1.71. The lowest BCUT2D eigenvalue weighted by atomic mass is 9.88. The Hall–Kier alpha value is -0.690. The highest BCUT2D eigenvalue weighted by atomic mass is 16.6. The van der Waals surface area contributed by atoms with Gasteiger partial charge in [-0.15, -0.1) is 0 Å². The van der Waals surface area contributed by atoms with Crippen LogP contribution < -0.4 is 11.1 Å². The highest BCUT2D eigenvalue weighted by molar-refractivity contribution is 5.80. The predicted octanol–water partition coefficient (Wildman–Crippen LogP) is -0.916. The summed E-state index contributed by atoms with van der Waals surface area (Å²) in [5.41, 5.74) is 5.42. The predicted molar refractivity (Wildman–Crippen MR) is 69.7 cm³/mol. The molecule has 3 rings (SSSR count). The first kappa shape index (κ1) is 13.3. The molecule has 3 aliphatic heterocycles. The van der Waals surface area contributed by atoms with Gasteiger partial charge in [0.25, 0.3) is 0 Å². The molecule has 3 saturated heterocycles. The number of carbonyl (C=O) groups excluding carboxylic acids is 1. The van der Waals surface area contributed by atoms with Crippen molar-refractivity contribution in [1.82, 2.24) is 10.2 Å². The molecular weight excluding hydrogens is 246 g/mol. The number of carbonyl (C=O) groups is 1. The van der Waals surface area contributed by atoms with Crippen LogP contribution in [0.5, 0.6) is 0 Å². The first-order chi connectivity index (χ1) is 9.20. The van der Waals surface area contributed by atoms with Crippen LogP contribution in [0.2, 0.25) is 0 Å². The summed E-state index contributed by atoms with van der Waals surface area (Å²) in [5.74, 6) is -0.226. The van der Waals surface area contributed by atoms with Gasteiger partial charge >= 0.3 is 0 Å². The quantitative estimate of drug-likeness (QED) is 0.678. The van der Waals surface area contributed by atoms with Gasteiger partial charge < -0.3 is 20.5 Å². The van der Waals surface area contributed by atoms with E-state index in [1.54, 1.807) is 0 Å². The summed E-state index contributed by atoms with van der Waals surface area (Å²) in [5, 5.41) is 3.25. The van der Waals surface area contributed by atoms with Crippen molar-refractivity contribution in [3.63, 3.8) is 0 Å². The van der Waals surface area contributed by atoms with Crippen LogP contribution in [0.4, 0.5) is 0 Å². The van der Waals surface area contributed by atoms with Gasteiger partial charge in [0.05, 0.1) is 12.2 Å². The fraction of sp³-hybridized carbons (Fsp3) is 0.923. The van der Waals surface area contributed by atoms with E-state index in [2.05, 4.69) is 10.2 Å². The second kappa shape index (κ2) is 5.36. The lowest BCUT2D eigenvalue weighted by Gasteiger charge is -2.46. The molecular formula is C13H23N3O3. The SMILES string of the molecule is NC(=O)C1CNCCN1C1CCOC2(CCOC2)C1. The fourth-order valence-electron chi connectivity index (χ4n) is 3.57. The first-order valence-corrected chi connectivity index (χ1v) is 7.18. The van der Waals surface area contributed by atoms with Crippen LogP contribution >= 0.6 is 0 Å². The smallest absolute Gasteiger partial charge is 0.236 e. The topological polar surface area (TPSA) is 76.8 Å². The summed E-state index contributed by atoms with van der Waals surface area (Å²) in [6.45, 7) is 4.70. The number of nitrogens with two attached hydrogens (primary N) is 1. The van der Waals surface area contributed by atoms with Crippen molar-refractivity contribution in [3.8, 4) is 0 Å². The normalized spacial score (nSPS) is 40.6. The average Bonchev–Trinajstić information content (AvgIpc) is 2.86. The summed E-state index contributed by atoms with van der Waals surface area (Å²) >= 11 is 0. The number of amides is 1. The van der Waals surface area contributed by atoms with Crippen molar-refractivity contribution < 1.29 is 14.3 Å². The molecule has 3 aliphatic rings. The molecule has 108 valence electrons. The van der Waals surface area contributed by atoms with Crippen LogP contribution in [0.3, 0.4) is 0 Å². The van der Waals surface area contributed by atoms with Gasteiger partial charge in [-0.2, -0.15) is 0 Å². The summed E-state index contributed by atoms with van der Waals surface area (Å²) in [7, 11) is 0. The molecule has 0 aliphatic carbocycles. The van der Waals surface area contributed by atoms with Crippen LogP contribution in [0, 0.1) is 0 Å². The molecule has 0 radical (unpaired) electrons. The van der Waals surface area contributed by atoms with E-state index in [4.69, 9.17) is 15.2 Å². The number of hydrogen-bond acceptors (Lipinski definition) is 5. The molecule has 0 saturated carbocycles. The van der Waals surface area contributed by atoms with Crippen molar-refractivity contribution in [2.75, 3.05) is 39.5 Å². The lowest BCUT2D eigenvalue weighted by molar-refractivity contribution is -0.133. The average molecular weight is 269 g/mol. The molecule has 3 atom stereocenters. The monoisotopic (exact) mass is 269 g/mol. The molecule has 0 aromatic carbocycles. The third kappa shape index (κ3) is 2.63. The highest BCUT2D eigenvalue weighted by Crippen LogP contribution is 2.35. The van der Waals surface area contributed by atoms with Gasteiger partial charge in [0.2, 0.25) is 5.91 Å². The van der Waals surface area contributed by atoms with E-state index in [9.17, 15) is 4.79 Å². The third-order valence-electron chi connectivity index (χ3n) is 4.62. The molecule has 1 spiro atoms. The maximum atomic E-state index is 11.6. The molecule has 1 amide bonds. The summed E-state index contributed by atoms with van der Waals surface area (Å²) in [6, 6.07) is 0.200. The zero-order chi connectivity index (χ0) is 13.3. The van der Waals surface area contributed by atoms with E-state index in [0.29, 0.717) is 19.2 Å². The van der Waals surface area contributed by atoms with Gasteiger partial charge in [-0.3, -0.25) is 9.69 Å². The highest BCUT2D eigenvalue weighted by Gasteiger charge is 2.44. The van der Waals surface area contributed by atoms with Gasteiger partial charge in [0.1, 0.15) is 6.04 Å². The Bertz CT molecular complexity index is 344. The van der Waals surface area contributed by atoms with E-state index >= 15 is 0 Å². The Labute approximate surface area is 113 Å². The largest absolute Gasteiger partial charge is 0.378 e. The molecule has 6 nitrogen and oxygen atoms in total. The Morgan fingerprint density at radius 3 is 3.05 bits per heavy atom. The third-order valence-corrected chi connectivity index (χ3v) is 4.62. The van der Waals surface area contributed by atoms with E-state index in [0.717, 1.165) is 45.6 Å². The number of nitrogens with zero attached hydrogens (tertiary/aromatic N) is 1. The second-order valence-electron chi connectivity index (χ2n) is 5.84. The van der Waals surface area contributed by atoms with Crippen molar-refractivity contribution in [2.24, 2.45) is 5.73 Å². The maximum Gasteiger partial charge on any atom is 0.236 e. The molecule has 3 unspecified atom stereocenters. The van der Waals surface area contributed by atoms with Crippen LogP contribution in [0.15, 0.2) is 0 Å². The van der Waals surface area contributed by atoms with Gasteiger partial charge in [-0.05, 0) is 12.8 Å². The first-order valence-electron chi connectivity index (χ1n) is 7.18. The molecule has 3 fully saturated rings. The van der Waals surface area contributed by atoms with Crippen LogP contribution in [0.25, 0.3) is 0 Å². The van der Waals surface area contributed by atoms with E-state index in [1.807, 2.05) is 0 Å². The van der Waals surface area contributed by atoms with Crippen LogP contribution in [-0.4, -0.2) is 67.9 Å². The summed E-state index contributed by atoms with van der Waals surface area (Å²) in [6.07, 6.45) is 2.90. The summed E-state index contributed by atoms with van der Waals surface area (Å²) < 4.78 is 11.5. The van der Waals surface area contributed by atoms with E-state index in [1.165, 1.54) is 0 Å². The standard InChI is InChI=1S/C13H23N3O3/c14-12(17)11-8-15-3-4-16(11)10-1-5-19-13(7-10)2-6-18-9-13/h10-11,15H,1-9H2,(H2,14,17). The van der Waals surface area contributed by atoms with Crippen LogP contribution in [0.1, 0.15) is 19.3 Å². The summed E-state index contributed by atoms with van der Waals surface area (Å²) in [4.78, 5) is 13.9. The fourth-order valence-corrected chi connectivity index (χ4v) is 3.57. The molecule has 6 heteroatoms. The minimum Gasteiger partial charge on any atom is -0.378 e. The Morgan fingerprint density at radius 2 is 2.32 bits per heavy atom. The number of primary amides is 1. The number of nitrogens with one attached hydrogen (secondary N) is 1. The number of hydrogen-bond donors (Lipinski definition) is 2. The van der Waals surface area contributed by atoms with Crippen molar-refractivity contribution >= 4 is 5.91 Å². The van der Waals surface area contributed by atoms with Crippen LogP contribution in [-0.2, 0) is 14.3 Å². The van der Waals surface area contributed by atoms with Gasteiger partial charge in [0, 0.05) is 45.3 Å². The lowest BCUT2D eigenvalue weighted by Crippen LogP contribution is -2.62. The van der Waals surface area contributed by atoms with Gasteiger partial charge in [-0.25, -0.2) is 0 Å². The molecule has 0 aromatic heterocycles. The molecule has 19 heavy (non-hydrogen) atoms. The van der Waals surface area contributed by atoms with Gasteiger partial charge in [-0.1, -0.05) is 0 Å². The Morgan fingerprint density at radius 1 is 1.42 bits per heavy atom. The molecule has 3 heterocycles. The zero-order valence-corrected chi connectivity index (χ0v) is 11.3. The number of piperazine rings is 1. The second-order valence-corrected chi connectivity index (χ2v) is 5.84. The molecule has 0 aromatic rings. The minimum atomic E-state index is -0.226. The number of ether oxygens (including phenoxy) is 2. The molecule has 3 N–H and O–H groups in total. The zero-order valence-electron chi connectivity index (χ0n) is 11.3.